The molecule has 0 aliphatic rings. The minimum absolute atomic E-state index is 0.0497. The van der Waals surface area contributed by atoms with Crippen molar-refractivity contribution in [3.8, 4) is 11.3 Å². The number of anilines is 1. The van der Waals surface area contributed by atoms with Gasteiger partial charge in [0.2, 0.25) is 5.69 Å². The van der Waals surface area contributed by atoms with Crippen LogP contribution in [0.15, 0.2) is 23.0 Å². The summed E-state index contributed by atoms with van der Waals surface area (Å²) in [5, 5.41) is 12.1. The minimum atomic E-state index is -1.20. The lowest BCUT2D eigenvalue weighted by atomic mass is 10.2. The van der Waals surface area contributed by atoms with Crippen molar-refractivity contribution in [1.82, 2.24) is 9.72 Å². The highest BCUT2D eigenvalue weighted by atomic mass is 16.5. The third kappa shape index (κ3) is 1.45. The van der Waals surface area contributed by atoms with E-state index in [1.807, 2.05) is 7.05 Å². The van der Waals surface area contributed by atoms with Crippen LogP contribution in [0.1, 0.15) is 10.5 Å². The van der Waals surface area contributed by atoms with E-state index < -0.39 is 5.97 Å². The SMILES string of the molecule is Cn1ccc(-c2onc(C(=O)O)c2N)c1. The Kier molecular flexibility index (Phi) is 1.96. The molecule has 0 spiro atoms. The second-order valence-electron chi connectivity index (χ2n) is 3.14. The monoisotopic (exact) mass is 207 g/mol. The first kappa shape index (κ1) is 9.32. The summed E-state index contributed by atoms with van der Waals surface area (Å²) in [7, 11) is 1.84. The molecule has 0 fully saturated rings. The van der Waals surface area contributed by atoms with Crippen LogP contribution in [0.25, 0.3) is 11.3 Å². The van der Waals surface area contributed by atoms with Crippen molar-refractivity contribution >= 4 is 11.7 Å². The molecule has 0 bridgehead atoms. The number of hydrogen-bond acceptors (Lipinski definition) is 4. The maximum Gasteiger partial charge on any atom is 0.360 e. The van der Waals surface area contributed by atoms with Crippen LogP contribution in [0, 0.1) is 0 Å². The van der Waals surface area contributed by atoms with Crippen LogP contribution in [0.3, 0.4) is 0 Å². The zero-order chi connectivity index (χ0) is 11.0. The lowest BCUT2D eigenvalue weighted by Gasteiger charge is -1.92. The maximum absolute atomic E-state index is 10.7. The van der Waals surface area contributed by atoms with Gasteiger partial charge in [0.05, 0.1) is 0 Å². The van der Waals surface area contributed by atoms with E-state index in [0.29, 0.717) is 5.56 Å². The minimum Gasteiger partial charge on any atom is -0.476 e. The molecule has 0 unspecified atom stereocenters. The van der Waals surface area contributed by atoms with Crippen LogP contribution in [-0.2, 0) is 7.05 Å². The van der Waals surface area contributed by atoms with Crippen LogP contribution in [0.2, 0.25) is 0 Å². The highest BCUT2D eigenvalue weighted by Gasteiger charge is 2.20. The number of carboxylic acids is 1. The molecule has 0 amide bonds. The van der Waals surface area contributed by atoms with E-state index >= 15 is 0 Å². The van der Waals surface area contributed by atoms with Gasteiger partial charge in [-0.25, -0.2) is 4.79 Å². The molecule has 0 aromatic carbocycles. The van der Waals surface area contributed by atoms with Crippen LogP contribution < -0.4 is 5.73 Å². The van der Waals surface area contributed by atoms with Gasteiger partial charge in [-0.1, -0.05) is 5.16 Å². The Labute approximate surface area is 84.9 Å². The molecule has 6 heteroatoms. The fourth-order valence-corrected chi connectivity index (χ4v) is 1.30. The summed E-state index contributed by atoms with van der Waals surface area (Å²) < 4.78 is 6.69. The summed E-state index contributed by atoms with van der Waals surface area (Å²) in [5.41, 5.74) is 6.10. The predicted octanol–water partition coefficient (Wildman–Crippen LogP) is 0.961. The molecule has 0 atom stereocenters. The van der Waals surface area contributed by atoms with Crippen molar-refractivity contribution in [2.24, 2.45) is 7.05 Å². The summed E-state index contributed by atoms with van der Waals surface area (Å²) in [5.74, 6) is -0.911. The number of carboxylic acid groups (broad SMARTS) is 1. The fraction of sp³-hybridized carbons (Fsp3) is 0.111. The summed E-state index contributed by atoms with van der Waals surface area (Å²) >= 11 is 0. The van der Waals surface area contributed by atoms with Crippen molar-refractivity contribution in [3.05, 3.63) is 24.2 Å². The fourth-order valence-electron chi connectivity index (χ4n) is 1.30. The molecule has 2 aromatic heterocycles. The van der Waals surface area contributed by atoms with E-state index in [4.69, 9.17) is 15.4 Å². The molecule has 3 N–H and O–H groups in total. The average molecular weight is 207 g/mol. The number of rotatable bonds is 2. The van der Waals surface area contributed by atoms with Crippen molar-refractivity contribution < 1.29 is 14.4 Å². The zero-order valence-corrected chi connectivity index (χ0v) is 7.97. The number of aryl methyl sites for hydroxylation is 1. The Morgan fingerprint density at radius 3 is 2.87 bits per heavy atom. The number of nitrogen functional groups attached to an aromatic ring is 1. The summed E-state index contributed by atoms with van der Waals surface area (Å²) in [6, 6.07) is 1.77. The first-order valence-corrected chi connectivity index (χ1v) is 4.20. The lowest BCUT2D eigenvalue weighted by molar-refractivity contribution is 0.0687. The topological polar surface area (TPSA) is 94.3 Å². The van der Waals surface area contributed by atoms with E-state index in [1.165, 1.54) is 0 Å². The smallest absolute Gasteiger partial charge is 0.360 e. The molecule has 2 heterocycles. The number of carbonyl (C=O) groups is 1. The molecule has 2 rings (SSSR count). The highest BCUT2D eigenvalue weighted by Crippen LogP contribution is 2.28. The first-order chi connectivity index (χ1) is 7.09. The number of nitrogens with zero attached hydrogens (tertiary/aromatic N) is 2. The van der Waals surface area contributed by atoms with Crippen molar-refractivity contribution in [2.75, 3.05) is 5.73 Å². The third-order valence-corrected chi connectivity index (χ3v) is 2.02. The second kappa shape index (κ2) is 3.16. The van der Waals surface area contributed by atoms with Crippen LogP contribution in [-0.4, -0.2) is 20.8 Å². The third-order valence-electron chi connectivity index (χ3n) is 2.02. The van der Waals surface area contributed by atoms with Crippen LogP contribution >= 0.6 is 0 Å². The molecular weight excluding hydrogens is 198 g/mol. The van der Waals surface area contributed by atoms with Gasteiger partial charge in [-0.2, -0.15) is 0 Å². The summed E-state index contributed by atoms with van der Waals surface area (Å²) in [4.78, 5) is 10.7. The number of aromatic carboxylic acids is 1. The molecule has 0 saturated carbocycles. The first-order valence-electron chi connectivity index (χ1n) is 4.20. The predicted molar refractivity (Wildman–Crippen MR) is 52.3 cm³/mol. The Bertz CT molecular complexity index is 512. The normalized spacial score (nSPS) is 10.5. The Balaban J connectivity index is 2.50. The average Bonchev–Trinajstić information content (AvgIpc) is 2.71. The Morgan fingerprint density at radius 1 is 1.67 bits per heavy atom. The number of nitrogens with two attached hydrogens (primary N) is 1. The van der Waals surface area contributed by atoms with Gasteiger partial charge in [-0.05, 0) is 6.07 Å². The molecule has 0 aliphatic heterocycles. The standard InChI is InChI=1S/C9H9N3O3/c1-12-3-2-5(4-12)8-6(10)7(9(13)14)11-15-8/h2-4H,10H2,1H3,(H,13,14). The van der Waals surface area contributed by atoms with Crippen molar-refractivity contribution in [1.29, 1.82) is 0 Å². The van der Waals surface area contributed by atoms with Crippen molar-refractivity contribution in [2.45, 2.75) is 0 Å². The van der Waals surface area contributed by atoms with E-state index in [0.717, 1.165) is 0 Å². The van der Waals surface area contributed by atoms with Gasteiger partial charge in [0.1, 0.15) is 5.69 Å². The molecular formula is C9H9N3O3. The zero-order valence-electron chi connectivity index (χ0n) is 7.97. The lowest BCUT2D eigenvalue weighted by Crippen LogP contribution is -2.01. The summed E-state index contributed by atoms with van der Waals surface area (Å²) in [6.07, 6.45) is 3.57. The van der Waals surface area contributed by atoms with E-state index in [-0.39, 0.29) is 17.1 Å². The number of aromatic nitrogens is 2. The molecule has 0 saturated heterocycles. The molecule has 0 radical (unpaired) electrons. The molecule has 78 valence electrons. The molecule has 0 aliphatic carbocycles. The van der Waals surface area contributed by atoms with E-state index in [9.17, 15) is 4.79 Å². The van der Waals surface area contributed by atoms with Gasteiger partial charge in [0.15, 0.2) is 5.76 Å². The van der Waals surface area contributed by atoms with Gasteiger partial charge >= 0.3 is 5.97 Å². The molecule has 6 nitrogen and oxygen atoms in total. The quantitative estimate of drug-likeness (QED) is 0.764. The largest absolute Gasteiger partial charge is 0.476 e. The van der Waals surface area contributed by atoms with Crippen LogP contribution in [0.4, 0.5) is 5.69 Å². The van der Waals surface area contributed by atoms with E-state index in [2.05, 4.69) is 5.16 Å². The Morgan fingerprint density at radius 2 is 2.40 bits per heavy atom. The Hall–Kier alpha value is -2.24. The summed E-state index contributed by atoms with van der Waals surface area (Å²) in [6.45, 7) is 0. The molecule has 15 heavy (non-hydrogen) atoms. The maximum atomic E-state index is 10.7. The van der Waals surface area contributed by atoms with Gasteiger partial charge in [0.25, 0.3) is 0 Å². The van der Waals surface area contributed by atoms with Gasteiger partial charge in [0, 0.05) is 25.0 Å². The van der Waals surface area contributed by atoms with Gasteiger partial charge in [-0.3, -0.25) is 0 Å². The van der Waals surface area contributed by atoms with Gasteiger partial charge in [-0.15, -0.1) is 0 Å². The highest BCUT2D eigenvalue weighted by molar-refractivity contribution is 5.94. The number of hydrogen-bond donors (Lipinski definition) is 2. The van der Waals surface area contributed by atoms with Gasteiger partial charge < -0.3 is 19.9 Å². The molecule has 2 aromatic rings. The van der Waals surface area contributed by atoms with Crippen LogP contribution in [0.5, 0.6) is 0 Å². The van der Waals surface area contributed by atoms with E-state index in [1.54, 1.807) is 23.0 Å². The van der Waals surface area contributed by atoms with Crippen molar-refractivity contribution in [3.63, 3.8) is 0 Å². The second-order valence-corrected chi connectivity index (χ2v) is 3.14.